The van der Waals surface area contributed by atoms with Gasteiger partial charge in [-0.1, -0.05) is 13.0 Å². The maximum Gasteiger partial charge on any atom is 0.306 e. The van der Waals surface area contributed by atoms with Crippen LogP contribution in [-0.2, 0) is 11.3 Å². The van der Waals surface area contributed by atoms with Crippen LogP contribution in [0.5, 0.6) is 0 Å². The molecule has 19 heavy (non-hydrogen) atoms. The second-order valence-electron chi connectivity index (χ2n) is 4.74. The molecular formula is C14H18N2O3. The van der Waals surface area contributed by atoms with E-state index in [2.05, 4.69) is 10.3 Å². The Balaban J connectivity index is 1.86. The summed E-state index contributed by atoms with van der Waals surface area (Å²) in [4.78, 5) is 14.9. The van der Waals surface area contributed by atoms with E-state index in [0.717, 1.165) is 16.7 Å². The molecule has 0 fully saturated rings. The standard InChI is InChI=1S/C14H18N2O3/c1-9(14(17)18)5-6-15-8-11-3-4-12-13(7-11)19-10(2)16-12/h3-4,7,9,15H,5-6,8H2,1-2H3,(H,17,18). The number of oxazole rings is 1. The van der Waals surface area contributed by atoms with Crippen molar-refractivity contribution in [3.8, 4) is 0 Å². The van der Waals surface area contributed by atoms with Crippen LogP contribution in [0.15, 0.2) is 22.6 Å². The number of benzene rings is 1. The first-order valence-corrected chi connectivity index (χ1v) is 6.36. The molecule has 2 N–H and O–H groups in total. The third kappa shape index (κ3) is 3.54. The fraction of sp³-hybridized carbons (Fsp3) is 0.429. The Hall–Kier alpha value is -1.88. The number of aromatic nitrogens is 1. The van der Waals surface area contributed by atoms with Crippen molar-refractivity contribution in [2.75, 3.05) is 6.54 Å². The fourth-order valence-electron chi connectivity index (χ4n) is 1.87. The van der Waals surface area contributed by atoms with E-state index in [1.807, 2.05) is 25.1 Å². The highest BCUT2D eigenvalue weighted by molar-refractivity contribution is 5.73. The Kier molecular flexibility index (Phi) is 4.16. The monoisotopic (exact) mass is 262 g/mol. The molecule has 0 aliphatic carbocycles. The van der Waals surface area contributed by atoms with Crippen molar-refractivity contribution in [3.05, 3.63) is 29.7 Å². The molecule has 2 rings (SSSR count). The molecule has 1 heterocycles. The zero-order chi connectivity index (χ0) is 13.8. The smallest absolute Gasteiger partial charge is 0.306 e. The highest BCUT2D eigenvalue weighted by Gasteiger charge is 2.09. The van der Waals surface area contributed by atoms with Crippen LogP contribution in [0.1, 0.15) is 24.8 Å². The van der Waals surface area contributed by atoms with Crippen LogP contribution in [0.4, 0.5) is 0 Å². The molecule has 0 radical (unpaired) electrons. The number of carboxylic acids is 1. The van der Waals surface area contributed by atoms with Gasteiger partial charge in [0.2, 0.25) is 0 Å². The summed E-state index contributed by atoms with van der Waals surface area (Å²) < 4.78 is 5.47. The third-order valence-corrected chi connectivity index (χ3v) is 3.06. The molecule has 0 aliphatic rings. The maximum absolute atomic E-state index is 10.7. The van der Waals surface area contributed by atoms with Gasteiger partial charge in [-0.25, -0.2) is 4.98 Å². The van der Waals surface area contributed by atoms with E-state index in [9.17, 15) is 4.79 Å². The van der Waals surface area contributed by atoms with Gasteiger partial charge in [0.05, 0.1) is 5.92 Å². The topological polar surface area (TPSA) is 75.4 Å². The molecule has 102 valence electrons. The van der Waals surface area contributed by atoms with Crippen LogP contribution >= 0.6 is 0 Å². The number of nitrogens with zero attached hydrogens (tertiary/aromatic N) is 1. The lowest BCUT2D eigenvalue weighted by molar-refractivity contribution is -0.141. The number of carboxylic acid groups (broad SMARTS) is 1. The second kappa shape index (κ2) is 5.84. The van der Waals surface area contributed by atoms with Crippen LogP contribution in [0.2, 0.25) is 0 Å². The zero-order valence-corrected chi connectivity index (χ0v) is 11.1. The van der Waals surface area contributed by atoms with Gasteiger partial charge in [0.15, 0.2) is 11.5 Å². The number of carbonyl (C=O) groups is 1. The van der Waals surface area contributed by atoms with Crippen LogP contribution in [0.3, 0.4) is 0 Å². The molecule has 0 saturated heterocycles. The number of aliphatic carboxylic acids is 1. The first-order chi connectivity index (χ1) is 9.06. The van der Waals surface area contributed by atoms with Crippen molar-refractivity contribution in [3.63, 3.8) is 0 Å². The molecule has 1 aromatic carbocycles. The van der Waals surface area contributed by atoms with Gasteiger partial charge in [-0.2, -0.15) is 0 Å². The van der Waals surface area contributed by atoms with Gasteiger partial charge in [-0.15, -0.1) is 0 Å². The van der Waals surface area contributed by atoms with Crippen molar-refractivity contribution >= 4 is 17.1 Å². The van der Waals surface area contributed by atoms with Crippen molar-refractivity contribution in [1.82, 2.24) is 10.3 Å². The van der Waals surface area contributed by atoms with Crippen LogP contribution in [0.25, 0.3) is 11.1 Å². The maximum atomic E-state index is 10.7. The summed E-state index contributed by atoms with van der Waals surface area (Å²) in [6, 6.07) is 5.89. The summed E-state index contributed by atoms with van der Waals surface area (Å²) in [6.07, 6.45) is 0.624. The van der Waals surface area contributed by atoms with E-state index < -0.39 is 5.97 Å². The molecule has 1 aromatic heterocycles. The number of aryl methyl sites for hydroxylation is 1. The molecule has 0 amide bonds. The number of rotatable bonds is 6. The van der Waals surface area contributed by atoms with Gasteiger partial charge in [0, 0.05) is 13.5 Å². The van der Waals surface area contributed by atoms with Gasteiger partial charge in [0.1, 0.15) is 5.52 Å². The van der Waals surface area contributed by atoms with E-state index in [0.29, 0.717) is 25.4 Å². The van der Waals surface area contributed by atoms with E-state index >= 15 is 0 Å². The van der Waals surface area contributed by atoms with Crippen molar-refractivity contribution in [1.29, 1.82) is 0 Å². The molecule has 1 unspecified atom stereocenters. The summed E-state index contributed by atoms with van der Waals surface area (Å²) in [7, 11) is 0. The lowest BCUT2D eigenvalue weighted by atomic mass is 10.1. The summed E-state index contributed by atoms with van der Waals surface area (Å²) in [5.41, 5.74) is 2.75. The van der Waals surface area contributed by atoms with E-state index in [1.165, 1.54) is 0 Å². The molecule has 0 bridgehead atoms. The Morgan fingerprint density at radius 1 is 1.53 bits per heavy atom. The summed E-state index contributed by atoms with van der Waals surface area (Å²) in [5.74, 6) is -0.400. The minimum absolute atomic E-state index is 0.313. The number of fused-ring (bicyclic) bond motifs is 1. The predicted molar refractivity (Wildman–Crippen MR) is 71.9 cm³/mol. The lowest BCUT2D eigenvalue weighted by Gasteiger charge is -2.07. The van der Waals surface area contributed by atoms with Gasteiger partial charge < -0.3 is 14.8 Å². The molecule has 0 aliphatic heterocycles. The van der Waals surface area contributed by atoms with Crippen molar-refractivity contribution in [2.24, 2.45) is 5.92 Å². The molecule has 5 nitrogen and oxygen atoms in total. The van der Waals surface area contributed by atoms with E-state index in [1.54, 1.807) is 6.92 Å². The SMILES string of the molecule is Cc1nc2ccc(CNCCC(C)C(=O)O)cc2o1. The van der Waals surface area contributed by atoms with Crippen LogP contribution in [-0.4, -0.2) is 22.6 Å². The quantitative estimate of drug-likeness (QED) is 0.781. The number of hydrogen-bond acceptors (Lipinski definition) is 4. The van der Waals surface area contributed by atoms with E-state index in [-0.39, 0.29) is 5.92 Å². The van der Waals surface area contributed by atoms with Crippen LogP contribution < -0.4 is 5.32 Å². The Labute approximate surface area is 111 Å². The highest BCUT2D eigenvalue weighted by atomic mass is 16.4. The largest absolute Gasteiger partial charge is 0.481 e. The average Bonchev–Trinajstić information content (AvgIpc) is 2.73. The Bertz CT molecular complexity index is 577. The minimum atomic E-state index is -0.750. The lowest BCUT2D eigenvalue weighted by Crippen LogP contribution is -2.20. The summed E-state index contributed by atoms with van der Waals surface area (Å²) in [5, 5.41) is 12.0. The van der Waals surface area contributed by atoms with Gasteiger partial charge in [0.25, 0.3) is 0 Å². The zero-order valence-electron chi connectivity index (χ0n) is 11.1. The molecule has 2 aromatic rings. The number of nitrogens with one attached hydrogen (secondary N) is 1. The minimum Gasteiger partial charge on any atom is -0.481 e. The van der Waals surface area contributed by atoms with Gasteiger partial charge in [-0.3, -0.25) is 4.79 Å². The highest BCUT2D eigenvalue weighted by Crippen LogP contribution is 2.16. The van der Waals surface area contributed by atoms with Crippen molar-refractivity contribution in [2.45, 2.75) is 26.8 Å². The molecular weight excluding hydrogens is 244 g/mol. The summed E-state index contributed by atoms with van der Waals surface area (Å²) in [6.45, 7) is 4.92. The number of hydrogen-bond donors (Lipinski definition) is 2. The molecule has 5 heteroatoms. The average molecular weight is 262 g/mol. The van der Waals surface area contributed by atoms with Crippen LogP contribution in [0, 0.1) is 12.8 Å². The van der Waals surface area contributed by atoms with E-state index in [4.69, 9.17) is 9.52 Å². The third-order valence-electron chi connectivity index (χ3n) is 3.06. The first kappa shape index (κ1) is 13.5. The van der Waals surface area contributed by atoms with Crippen molar-refractivity contribution < 1.29 is 14.3 Å². The second-order valence-corrected chi connectivity index (χ2v) is 4.74. The Morgan fingerprint density at radius 3 is 3.05 bits per heavy atom. The molecule has 0 saturated carbocycles. The normalized spacial score (nSPS) is 12.7. The predicted octanol–water partition coefficient (Wildman–Crippen LogP) is 2.34. The first-order valence-electron chi connectivity index (χ1n) is 6.36. The Morgan fingerprint density at radius 2 is 2.32 bits per heavy atom. The van der Waals surface area contributed by atoms with Gasteiger partial charge >= 0.3 is 5.97 Å². The summed E-state index contributed by atoms with van der Waals surface area (Å²) >= 11 is 0. The fourth-order valence-corrected chi connectivity index (χ4v) is 1.87. The molecule has 0 spiro atoms. The molecule has 1 atom stereocenters. The van der Waals surface area contributed by atoms with Gasteiger partial charge in [-0.05, 0) is 30.7 Å².